The zero-order valence-electron chi connectivity index (χ0n) is 6.15. The highest BCUT2D eigenvalue weighted by molar-refractivity contribution is 5.17. The van der Waals surface area contributed by atoms with Gasteiger partial charge in [-0.1, -0.05) is 0 Å². The summed E-state index contributed by atoms with van der Waals surface area (Å²) in [6.07, 6.45) is 1.36. The van der Waals surface area contributed by atoms with E-state index in [1.165, 1.54) is 13.3 Å². The Balaban J connectivity index is 2.52. The summed E-state index contributed by atoms with van der Waals surface area (Å²) < 4.78 is 0. The van der Waals surface area contributed by atoms with Crippen LogP contribution in [0.4, 0.5) is 0 Å². The van der Waals surface area contributed by atoms with E-state index in [1.54, 1.807) is 12.1 Å². The Hall–Kier alpha value is -1.13. The fourth-order valence-corrected chi connectivity index (χ4v) is 0.621. The van der Waals surface area contributed by atoms with Gasteiger partial charge in [0, 0.05) is 0 Å². The second-order valence-corrected chi connectivity index (χ2v) is 1.94. The minimum atomic E-state index is 0.145. The normalized spacial score (nSPS) is 9.91. The number of pyridine rings is 1. The van der Waals surface area contributed by atoms with Crippen molar-refractivity contribution >= 4 is 0 Å². The molecule has 0 atom stereocenters. The van der Waals surface area contributed by atoms with Gasteiger partial charge in [0.1, 0.15) is 12.4 Å². The molecule has 60 valence electrons. The maximum Gasteiger partial charge on any atom is 0.133 e. The van der Waals surface area contributed by atoms with E-state index in [0.717, 1.165) is 0 Å². The van der Waals surface area contributed by atoms with Gasteiger partial charge in [-0.3, -0.25) is 4.98 Å². The van der Waals surface area contributed by atoms with E-state index >= 15 is 0 Å². The average molecular weight is 155 g/mol. The van der Waals surface area contributed by atoms with E-state index in [4.69, 9.17) is 5.11 Å². The SMILES string of the molecule is COOCc1ccc(O)cn1. The van der Waals surface area contributed by atoms with Crippen LogP contribution in [0.3, 0.4) is 0 Å². The maximum atomic E-state index is 8.85. The van der Waals surface area contributed by atoms with Gasteiger partial charge in [0.15, 0.2) is 0 Å². The third-order valence-electron chi connectivity index (χ3n) is 1.13. The predicted molar refractivity (Wildman–Crippen MR) is 37.7 cm³/mol. The number of nitrogens with zero attached hydrogens (tertiary/aromatic N) is 1. The molecule has 0 aliphatic rings. The lowest BCUT2D eigenvalue weighted by molar-refractivity contribution is -0.282. The molecule has 0 amide bonds. The van der Waals surface area contributed by atoms with Crippen molar-refractivity contribution in [3.63, 3.8) is 0 Å². The molecule has 0 aromatic carbocycles. The summed E-state index contributed by atoms with van der Waals surface area (Å²) in [7, 11) is 1.43. The van der Waals surface area contributed by atoms with E-state index in [0.29, 0.717) is 5.69 Å². The van der Waals surface area contributed by atoms with Crippen molar-refractivity contribution < 1.29 is 14.9 Å². The summed E-state index contributed by atoms with van der Waals surface area (Å²) in [5.74, 6) is 0.145. The van der Waals surface area contributed by atoms with Gasteiger partial charge < -0.3 is 5.11 Å². The lowest BCUT2D eigenvalue weighted by Gasteiger charge is -1.98. The summed E-state index contributed by atoms with van der Waals surface area (Å²) in [6, 6.07) is 3.20. The lowest BCUT2D eigenvalue weighted by atomic mass is 10.3. The molecule has 1 rings (SSSR count). The molecule has 0 aliphatic carbocycles. The van der Waals surface area contributed by atoms with Crippen molar-refractivity contribution in [3.8, 4) is 5.75 Å². The Morgan fingerprint density at radius 2 is 2.36 bits per heavy atom. The highest BCUT2D eigenvalue weighted by atomic mass is 17.2. The van der Waals surface area contributed by atoms with Gasteiger partial charge >= 0.3 is 0 Å². The molecular formula is C7H9NO3. The number of aromatic hydroxyl groups is 1. The van der Waals surface area contributed by atoms with Gasteiger partial charge in [0.2, 0.25) is 0 Å². The summed E-state index contributed by atoms with van der Waals surface area (Å²) >= 11 is 0. The zero-order chi connectivity index (χ0) is 8.10. The van der Waals surface area contributed by atoms with Crippen molar-refractivity contribution in [1.82, 2.24) is 4.98 Å². The third-order valence-corrected chi connectivity index (χ3v) is 1.13. The van der Waals surface area contributed by atoms with E-state index in [9.17, 15) is 0 Å². The molecule has 0 radical (unpaired) electrons. The summed E-state index contributed by atoms with van der Waals surface area (Å²) in [4.78, 5) is 12.8. The first kappa shape index (κ1) is 7.97. The van der Waals surface area contributed by atoms with Crippen LogP contribution in [0.1, 0.15) is 5.69 Å². The van der Waals surface area contributed by atoms with Crippen LogP contribution in [0.5, 0.6) is 5.75 Å². The number of aromatic nitrogens is 1. The Bertz CT molecular complexity index is 209. The molecule has 1 N–H and O–H groups in total. The molecule has 4 nitrogen and oxygen atoms in total. The first-order valence-corrected chi connectivity index (χ1v) is 3.12. The molecule has 0 aliphatic heterocycles. The third kappa shape index (κ3) is 2.53. The molecule has 0 saturated carbocycles. The second kappa shape index (κ2) is 3.90. The van der Waals surface area contributed by atoms with E-state index in [-0.39, 0.29) is 12.4 Å². The quantitative estimate of drug-likeness (QED) is 0.519. The first-order chi connectivity index (χ1) is 5.33. The first-order valence-electron chi connectivity index (χ1n) is 3.12. The van der Waals surface area contributed by atoms with Gasteiger partial charge in [-0.2, -0.15) is 0 Å². The molecule has 0 saturated heterocycles. The standard InChI is InChI=1S/C7H9NO3/c1-10-11-5-6-2-3-7(9)4-8-6/h2-4,9H,5H2,1H3. The van der Waals surface area contributed by atoms with Crippen molar-refractivity contribution in [2.24, 2.45) is 0 Å². The lowest BCUT2D eigenvalue weighted by Crippen LogP contribution is -1.93. The summed E-state index contributed by atoms with van der Waals surface area (Å²) in [6.45, 7) is 0.288. The van der Waals surface area contributed by atoms with Gasteiger partial charge in [-0.15, -0.1) is 0 Å². The fraction of sp³-hybridized carbons (Fsp3) is 0.286. The van der Waals surface area contributed by atoms with Crippen molar-refractivity contribution in [2.75, 3.05) is 7.11 Å². The van der Waals surface area contributed by atoms with Crippen LogP contribution in [0.2, 0.25) is 0 Å². The molecular weight excluding hydrogens is 146 g/mol. The number of hydrogen-bond donors (Lipinski definition) is 1. The number of hydrogen-bond acceptors (Lipinski definition) is 4. The van der Waals surface area contributed by atoms with E-state index < -0.39 is 0 Å². The topological polar surface area (TPSA) is 51.6 Å². The molecule has 11 heavy (non-hydrogen) atoms. The molecule has 1 aromatic rings. The minimum absolute atomic E-state index is 0.145. The molecule has 0 fully saturated rings. The molecule has 0 bridgehead atoms. The average Bonchev–Trinajstić information content (AvgIpc) is 2.04. The minimum Gasteiger partial charge on any atom is -0.506 e. The zero-order valence-corrected chi connectivity index (χ0v) is 6.15. The molecule has 4 heteroatoms. The molecule has 0 unspecified atom stereocenters. The van der Waals surface area contributed by atoms with E-state index in [2.05, 4.69) is 14.8 Å². The van der Waals surface area contributed by atoms with Gasteiger partial charge in [0.25, 0.3) is 0 Å². The van der Waals surface area contributed by atoms with Crippen LogP contribution in [0.15, 0.2) is 18.3 Å². The van der Waals surface area contributed by atoms with Gasteiger partial charge in [-0.05, 0) is 12.1 Å². The largest absolute Gasteiger partial charge is 0.506 e. The molecule has 1 aromatic heterocycles. The van der Waals surface area contributed by atoms with Crippen LogP contribution in [0.25, 0.3) is 0 Å². The van der Waals surface area contributed by atoms with Gasteiger partial charge in [-0.25, -0.2) is 9.78 Å². The number of rotatable bonds is 3. The smallest absolute Gasteiger partial charge is 0.133 e. The maximum absolute atomic E-state index is 8.85. The Morgan fingerprint density at radius 1 is 1.55 bits per heavy atom. The van der Waals surface area contributed by atoms with Crippen LogP contribution in [-0.4, -0.2) is 17.2 Å². The predicted octanol–water partition coefficient (Wildman–Crippen LogP) is 0.865. The van der Waals surface area contributed by atoms with Crippen LogP contribution in [0, 0.1) is 0 Å². The monoisotopic (exact) mass is 155 g/mol. The van der Waals surface area contributed by atoms with Crippen molar-refractivity contribution in [3.05, 3.63) is 24.0 Å². The second-order valence-electron chi connectivity index (χ2n) is 1.94. The van der Waals surface area contributed by atoms with Crippen LogP contribution < -0.4 is 0 Å². The highest BCUT2D eigenvalue weighted by Gasteiger charge is 1.93. The Labute approximate surface area is 64.3 Å². The van der Waals surface area contributed by atoms with Crippen molar-refractivity contribution in [1.29, 1.82) is 0 Å². The fourth-order valence-electron chi connectivity index (χ4n) is 0.621. The molecule has 0 spiro atoms. The molecule has 1 heterocycles. The summed E-state index contributed by atoms with van der Waals surface area (Å²) in [5.41, 5.74) is 0.713. The Kier molecular flexibility index (Phi) is 2.83. The van der Waals surface area contributed by atoms with Crippen LogP contribution >= 0.6 is 0 Å². The van der Waals surface area contributed by atoms with E-state index in [1.807, 2.05) is 0 Å². The summed E-state index contributed by atoms with van der Waals surface area (Å²) in [5, 5.41) is 8.85. The highest BCUT2D eigenvalue weighted by Crippen LogP contribution is 2.06. The van der Waals surface area contributed by atoms with Crippen molar-refractivity contribution in [2.45, 2.75) is 6.61 Å². The van der Waals surface area contributed by atoms with Crippen LogP contribution in [-0.2, 0) is 16.4 Å². The Morgan fingerprint density at radius 3 is 2.91 bits per heavy atom. The van der Waals surface area contributed by atoms with Gasteiger partial charge in [0.05, 0.1) is 19.0 Å².